The molecule has 0 saturated heterocycles. The van der Waals surface area contributed by atoms with Crippen LogP contribution in [-0.2, 0) is 14.6 Å². The van der Waals surface area contributed by atoms with Gasteiger partial charge in [-0.1, -0.05) is 12.1 Å². The van der Waals surface area contributed by atoms with E-state index >= 15 is 0 Å². The smallest absolute Gasteiger partial charge is 0.480 e. The summed E-state index contributed by atoms with van der Waals surface area (Å²) < 4.78 is 61.2. The van der Waals surface area contributed by atoms with Crippen molar-refractivity contribution in [2.45, 2.75) is 29.8 Å². The van der Waals surface area contributed by atoms with Gasteiger partial charge in [0.05, 0.1) is 10.6 Å². The number of halogens is 3. The summed E-state index contributed by atoms with van der Waals surface area (Å²) in [5.74, 6) is -1.30. The lowest BCUT2D eigenvalue weighted by atomic mass is 10.0. The predicted molar refractivity (Wildman–Crippen MR) is 69.8 cm³/mol. The summed E-state index contributed by atoms with van der Waals surface area (Å²) >= 11 is 0. The number of aliphatic carboxylic acids is 1. The van der Waals surface area contributed by atoms with Crippen molar-refractivity contribution in [1.29, 1.82) is 0 Å². The molecule has 0 aliphatic carbocycles. The third kappa shape index (κ3) is 2.97. The van der Waals surface area contributed by atoms with Crippen molar-refractivity contribution in [3.05, 3.63) is 24.3 Å². The predicted octanol–water partition coefficient (Wildman–Crippen LogP) is 2.28. The Hall–Kier alpha value is -1.77. The van der Waals surface area contributed by atoms with Crippen LogP contribution in [0.3, 0.4) is 0 Å². The molecule has 0 amide bonds. The third-order valence-electron chi connectivity index (χ3n) is 3.18. The standard InChI is InChI=1S/C12H14F3NO4S/c1-11(2,10(17)18)16(3)8-6-4-5-7-9(8)21(19,20)12(13,14)15/h4-7H,1-3H3,(H,17,18). The van der Waals surface area contributed by atoms with Crippen LogP contribution in [0.2, 0.25) is 0 Å². The summed E-state index contributed by atoms with van der Waals surface area (Å²) in [5.41, 5.74) is -7.38. The molecular formula is C12H14F3NO4S. The van der Waals surface area contributed by atoms with Crippen LogP contribution in [0.4, 0.5) is 18.9 Å². The molecule has 0 radical (unpaired) electrons. The van der Waals surface area contributed by atoms with Gasteiger partial charge < -0.3 is 10.0 Å². The number of carboxylic acid groups (broad SMARTS) is 1. The van der Waals surface area contributed by atoms with Gasteiger partial charge in [-0.15, -0.1) is 0 Å². The van der Waals surface area contributed by atoms with Gasteiger partial charge in [0.15, 0.2) is 0 Å². The average Bonchev–Trinajstić information content (AvgIpc) is 2.36. The summed E-state index contributed by atoms with van der Waals surface area (Å²) in [4.78, 5) is 11.2. The van der Waals surface area contributed by atoms with E-state index in [9.17, 15) is 26.4 Å². The summed E-state index contributed by atoms with van der Waals surface area (Å²) in [6.07, 6.45) is 0. The molecule has 118 valence electrons. The molecule has 0 aromatic heterocycles. The van der Waals surface area contributed by atoms with Crippen LogP contribution in [0.1, 0.15) is 13.8 Å². The fourth-order valence-electron chi connectivity index (χ4n) is 1.53. The molecule has 0 aliphatic rings. The number of hydrogen-bond acceptors (Lipinski definition) is 4. The van der Waals surface area contributed by atoms with E-state index in [0.29, 0.717) is 0 Å². The SMILES string of the molecule is CN(c1ccccc1S(=O)(=O)C(F)(F)F)C(C)(C)C(=O)O. The highest BCUT2D eigenvalue weighted by molar-refractivity contribution is 7.92. The van der Waals surface area contributed by atoms with Crippen molar-refractivity contribution in [2.75, 3.05) is 11.9 Å². The Balaban J connectivity index is 3.53. The number of carboxylic acids is 1. The molecule has 1 rings (SSSR count). The van der Waals surface area contributed by atoms with Crippen LogP contribution in [0.25, 0.3) is 0 Å². The van der Waals surface area contributed by atoms with Crippen molar-refractivity contribution in [3.63, 3.8) is 0 Å². The van der Waals surface area contributed by atoms with Crippen LogP contribution in [0, 0.1) is 0 Å². The number of benzene rings is 1. The molecule has 1 aromatic rings. The zero-order chi connectivity index (χ0) is 16.6. The molecule has 5 nitrogen and oxygen atoms in total. The van der Waals surface area contributed by atoms with Gasteiger partial charge in [0.2, 0.25) is 0 Å². The van der Waals surface area contributed by atoms with Crippen molar-refractivity contribution in [3.8, 4) is 0 Å². The minimum Gasteiger partial charge on any atom is -0.480 e. The van der Waals surface area contributed by atoms with Gasteiger partial charge in [-0.2, -0.15) is 13.2 Å². The highest BCUT2D eigenvalue weighted by Crippen LogP contribution is 2.37. The summed E-state index contributed by atoms with van der Waals surface area (Å²) in [5, 5.41) is 9.11. The van der Waals surface area contributed by atoms with E-state index in [-0.39, 0.29) is 5.69 Å². The van der Waals surface area contributed by atoms with Crippen LogP contribution < -0.4 is 4.90 Å². The Morgan fingerprint density at radius 3 is 2.10 bits per heavy atom. The maximum absolute atomic E-state index is 12.7. The van der Waals surface area contributed by atoms with Crippen LogP contribution >= 0.6 is 0 Å². The highest BCUT2D eigenvalue weighted by atomic mass is 32.2. The number of nitrogens with zero attached hydrogens (tertiary/aromatic N) is 1. The number of likely N-dealkylation sites (N-methyl/N-ethyl adjacent to an activating group) is 1. The monoisotopic (exact) mass is 325 g/mol. The van der Waals surface area contributed by atoms with Gasteiger partial charge in [-0.05, 0) is 26.0 Å². The molecule has 9 heteroatoms. The molecule has 0 unspecified atom stereocenters. The molecular weight excluding hydrogens is 311 g/mol. The quantitative estimate of drug-likeness (QED) is 0.919. The first-order valence-corrected chi connectivity index (χ1v) is 7.19. The third-order valence-corrected chi connectivity index (χ3v) is 4.72. The Labute approximate surface area is 119 Å². The van der Waals surface area contributed by atoms with Crippen molar-refractivity contribution in [1.82, 2.24) is 0 Å². The van der Waals surface area contributed by atoms with E-state index in [1.165, 1.54) is 27.0 Å². The van der Waals surface area contributed by atoms with E-state index in [0.717, 1.165) is 23.1 Å². The number of hydrogen-bond donors (Lipinski definition) is 1. The summed E-state index contributed by atoms with van der Waals surface area (Å²) in [6, 6.07) is 4.40. The normalized spacial score (nSPS) is 13.0. The highest BCUT2D eigenvalue weighted by Gasteiger charge is 2.49. The first-order chi connectivity index (χ1) is 9.33. The molecule has 1 N–H and O–H groups in total. The van der Waals surface area contributed by atoms with E-state index in [1.54, 1.807) is 0 Å². The van der Waals surface area contributed by atoms with Gasteiger partial charge >= 0.3 is 11.5 Å². The summed E-state index contributed by atoms with van der Waals surface area (Å²) in [7, 11) is -4.35. The van der Waals surface area contributed by atoms with Crippen LogP contribution in [0.15, 0.2) is 29.2 Å². The second kappa shape index (κ2) is 5.21. The van der Waals surface area contributed by atoms with E-state index in [2.05, 4.69) is 0 Å². The van der Waals surface area contributed by atoms with E-state index in [4.69, 9.17) is 5.11 Å². The summed E-state index contributed by atoms with van der Waals surface area (Å²) in [6.45, 7) is 2.51. The Bertz CT molecular complexity index is 653. The fraction of sp³-hybridized carbons (Fsp3) is 0.417. The lowest BCUT2D eigenvalue weighted by Gasteiger charge is -2.34. The molecule has 0 saturated carbocycles. The van der Waals surface area contributed by atoms with Crippen molar-refractivity contribution in [2.24, 2.45) is 0 Å². The molecule has 0 bridgehead atoms. The molecule has 1 aromatic carbocycles. The second-order valence-corrected chi connectivity index (χ2v) is 6.75. The average molecular weight is 325 g/mol. The Morgan fingerprint density at radius 1 is 1.19 bits per heavy atom. The number of para-hydroxylation sites is 1. The van der Waals surface area contributed by atoms with Gasteiger partial charge in [0.25, 0.3) is 9.84 Å². The fourth-order valence-corrected chi connectivity index (χ4v) is 2.52. The number of sulfone groups is 1. The Morgan fingerprint density at radius 2 is 1.67 bits per heavy atom. The van der Waals surface area contributed by atoms with Crippen molar-refractivity contribution < 1.29 is 31.5 Å². The lowest BCUT2D eigenvalue weighted by Crippen LogP contribution is -2.48. The maximum Gasteiger partial charge on any atom is 0.501 e. The first kappa shape index (κ1) is 17.3. The first-order valence-electron chi connectivity index (χ1n) is 5.71. The van der Waals surface area contributed by atoms with Crippen LogP contribution in [-0.4, -0.2) is 37.6 Å². The second-order valence-electron chi connectivity index (χ2n) is 4.84. The van der Waals surface area contributed by atoms with Gasteiger partial charge in [0.1, 0.15) is 5.54 Å². The molecule has 0 fully saturated rings. The van der Waals surface area contributed by atoms with Crippen molar-refractivity contribution >= 4 is 21.5 Å². The molecule has 0 atom stereocenters. The minimum absolute atomic E-state index is 0.331. The zero-order valence-electron chi connectivity index (χ0n) is 11.5. The van der Waals surface area contributed by atoms with Gasteiger partial charge in [-0.3, -0.25) is 0 Å². The lowest BCUT2D eigenvalue weighted by molar-refractivity contribution is -0.142. The molecule has 0 aliphatic heterocycles. The molecule has 21 heavy (non-hydrogen) atoms. The number of carbonyl (C=O) groups is 1. The number of rotatable bonds is 4. The zero-order valence-corrected chi connectivity index (χ0v) is 12.3. The number of anilines is 1. The van der Waals surface area contributed by atoms with Gasteiger partial charge in [0, 0.05) is 7.05 Å². The number of alkyl halides is 3. The molecule has 0 heterocycles. The molecule has 0 spiro atoms. The minimum atomic E-state index is -5.57. The maximum atomic E-state index is 12.7. The van der Waals surface area contributed by atoms with E-state index < -0.39 is 31.7 Å². The van der Waals surface area contributed by atoms with Crippen LogP contribution in [0.5, 0.6) is 0 Å². The Kier molecular flexibility index (Phi) is 4.29. The van der Waals surface area contributed by atoms with E-state index in [1.807, 2.05) is 0 Å². The van der Waals surface area contributed by atoms with Gasteiger partial charge in [-0.25, -0.2) is 13.2 Å². The topological polar surface area (TPSA) is 74.7 Å². The largest absolute Gasteiger partial charge is 0.501 e.